The Balaban J connectivity index is 1.98. The minimum absolute atomic E-state index is 0.00779. The topological polar surface area (TPSA) is 100 Å². The van der Waals surface area contributed by atoms with E-state index in [4.69, 9.17) is 25.8 Å². The van der Waals surface area contributed by atoms with Gasteiger partial charge in [0.05, 0.1) is 23.7 Å². The van der Waals surface area contributed by atoms with Crippen molar-refractivity contribution < 1.29 is 23.9 Å². The van der Waals surface area contributed by atoms with Crippen LogP contribution in [0.25, 0.3) is 6.08 Å². The molecule has 8 nitrogen and oxygen atoms in total. The lowest BCUT2D eigenvalue weighted by Crippen LogP contribution is -2.08. The first-order valence-corrected chi connectivity index (χ1v) is 9.50. The van der Waals surface area contributed by atoms with E-state index in [0.717, 1.165) is 6.42 Å². The normalized spacial score (nSPS) is 14.5. The van der Waals surface area contributed by atoms with Gasteiger partial charge in [-0.15, -0.1) is 0 Å². The largest absolute Gasteiger partial charge is 0.493 e. The molecular formula is C21H19ClN2O6. The molecule has 0 atom stereocenters. The number of nitro benzene ring substituents is 1. The molecular weight excluding hydrogens is 412 g/mol. The fourth-order valence-electron chi connectivity index (χ4n) is 2.90. The highest BCUT2D eigenvalue weighted by molar-refractivity contribution is 6.32. The molecule has 2 aromatic carbocycles. The number of carbonyl (C=O) groups excluding carboxylic acids is 1. The SMILES string of the molecule is CCCOc1c(Cl)cc(/C=C2\N=C(c3cccc([N+](=O)[O-])c3C)OC2=O)cc1OC. The molecule has 0 saturated heterocycles. The predicted octanol–water partition coefficient (Wildman–Crippen LogP) is 4.70. The van der Waals surface area contributed by atoms with Crippen molar-refractivity contribution in [1.29, 1.82) is 0 Å². The van der Waals surface area contributed by atoms with E-state index in [1.54, 1.807) is 25.1 Å². The number of nitro groups is 1. The Morgan fingerprint density at radius 1 is 1.33 bits per heavy atom. The van der Waals surface area contributed by atoms with Gasteiger partial charge in [-0.05, 0) is 43.2 Å². The standard InChI is InChI=1S/C21H19ClN2O6/c1-4-8-29-19-15(22)9-13(11-18(19)28-3)10-16-21(25)30-20(23-16)14-6-5-7-17(12(14)2)24(26)27/h5-7,9-11H,4,8H2,1-3H3/b16-10-. The van der Waals surface area contributed by atoms with Gasteiger partial charge in [0.15, 0.2) is 17.2 Å². The van der Waals surface area contributed by atoms with Gasteiger partial charge in [-0.3, -0.25) is 10.1 Å². The minimum Gasteiger partial charge on any atom is -0.493 e. The Morgan fingerprint density at radius 2 is 2.10 bits per heavy atom. The average Bonchev–Trinajstić information content (AvgIpc) is 3.06. The number of hydrogen-bond donors (Lipinski definition) is 0. The summed E-state index contributed by atoms with van der Waals surface area (Å²) in [4.78, 5) is 27.2. The minimum atomic E-state index is -0.669. The highest BCUT2D eigenvalue weighted by Gasteiger charge is 2.27. The summed E-state index contributed by atoms with van der Waals surface area (Å²) in [6.45, 7) is 4.04. The first-order valence-electron chi connectivity index (χ1n) is 9.13. The Labute approximate surface area is 177 Å². The van der Waals surface area contributed by atoms with Crippen LogP contribution in [-0.2, 0) is 9.53 Å². The zero-order chi connectivity index (χ0) is 21.8. The summed E-state index contributed by atoms with van der Waals surface area (Å²) in [7, 11) is 1.49. The summed E-state index contributed by atoms with van der Waals surface area (Å²) in [6, 6.07) is 7.80. The first kappa shape index (κ1) is 21.3. The van der Waals surface area contributed by atoms with Crippen LogP contribution in [0.2, 0.25) is 5.02 Å². The lowest BCUT2D eigenvalue weighted by atomic mass is 10.1. The second kappa shape index (κ2) is 8.96. The molecule has 1 aliphatic rings. The molecule has 30 heavy (non-hydrogen) atoms. The maximum absolute atomic E-state index is 12.3. The van der Waals surface area contributed by atoms with Crippen LogP contribution in [0.15, 0.2) is 41.0 Å². The summed E-state index contributed by atoms with van der Waals surface area (Å²) in [5, 5.41) is 11.5. The van der Waals surface area contributed by atoms with E-state index in [2.05, 4.69) is 4.99 Å². The zero-order valence-corrected chi connectivity index (χ0v) is 17.4. The van der Waals surface area contributed by atoms with Gasteiger partial charge >= 0.3 is 5.97 Å². The summed E-state index contributed by atoms with van der Waals surface area (Å²) in [5.74, 6) is 0.187. The predicted molar refractivity (Wildman–Crippen MR) is 112 cm³/mol. The third kappa shape index (κ3) is 4.28. The van der Waals surface area contributed by atoms with Crippen molar-refractivity contribution in [3.05, 3.63) is 67.9 Å². The molecule has 1 heterocycles. The monoisotopic (exact) mass is 430 g/mol. The number of methoxy groups -OCH3 is 1. The Morgan fingerprint density at radius 3 is 2.77 bits per heavy atom. The van der Waals surface area contributed by atoms with E-state index < -0.39 is 10.9 Å². The zero-order valence-electron chi connectivity index (χ0n) is 16.6. The Kier molecular flexibility index (Phi) is 6.37. The van der Waals surface area contributed by atoms with Crippen LogP contribution >= 0.6 is 11.6 Å². The molecule has 156 valence electrons. The third-order valence-corrected chi connectivity index (χ3v) is 4.64. The number of nitrogens with zero attached hydrogens (tertiary/aromatic N) is 2. The van der Waals surface area contributed by atoms with Crippen LogP contribution in [0.4, 0.5) is 5.69 Å². The molecule has 0 fully saturated rings. The number of aliphatic imine (C=N–C) groups is 1. The lowest BCUT2D eigenvalue weighted by Gasteiger charge is -2.12. The van der Waals surface area contributed by atoms with E-state index >= 15 is 0 Å². The number of hydrogen-bond acceptors (Lipinski definition) is 7. The summed E-state index contributed by atoms with van der Waals surface area (Å²) < 4.78 is 16.2. The molecule has 0 amide bonds. The summed E-state index contributed by atoms with van der Waals surface area (Å²) in [5.41, 5.74) is 1.25. The van der Waals surface area contributed by atoms with Crippen LogP contribution in [0.1, 0.15) is 30.0 Å². The van der Waals surface area contributed by atoms with Crippen molar-refractivity contribution in [2.45, 2.75) is 20.3 Å². The molecule has 2 aromatic rings. The van der Waals surface area contributed by atoms with E-state index in [9.17, 15) is 14.9 Å². The summed E-state index contributed by atoms with van der Waals surface area (Å²) >= 11 is 6.31. The van der Waals surface area contributed by atoms with Crippen molar-refractivity contribution in [3.63, 3.8) is 0 Å². The Bertz CT molecular complexity index is 1080. The Hall–Kier alpha value is -3.39. The maximum Gasteiger partial charge on any atom is 0.363 e. The maximum atomic E-state index is 12.3. The van der Waals surface area contributed by atoms with Crippen LogP contribution < -0.4 is 9.47 Å². The van der Waals surface area contributed by atoms with Crippen LogP contribution in [-0.4, -0.2) is 30.5 Å². The molecule has 0 N–H and O–H groups in total. The number of ether oxygens (including phenoxy) is 3. The number of halogens is 1. The van der Waals surface area contributed by atoms with Gasteiger partial charge in [-0.1, -0.05) is 24.6 Å². The molecule has 9 heteroatoms. The number of cyclic esters (lactones) is 1. The van der Waals surface area contributed by atoms with E-state index in [0.29, 0.717) is 39.8 Å². The molecule has 0 unspecified atom stereocenters. The van der Waals surface area contributed by atoms with Gasteiger partial charge < -0.3 is 14.2 Å². The van der Waals surface area contributed by atoms with Crippen LogP contribution in [0, 0.1) is 17.0 Å². The van der Waals surface area contributed by atoms with Gasteiger partial charge in [0, 0.05) is 17.2 Å². The fourth-order valence-corrected chi connectivity index (χ4v) is 3.18. The highest BCUT2D eigenvalue weighted by Crippen LogP contribution is 2.37. The van der Waals surface area contributed by atoms with Crippen LogP contribution in [0.5, 0.6) is 11.5 Å². The van der Waals surface area contributed by atoms with Gasteiger partial charge in [0.2, 0.25) is 5.90 Å². The highest BCUT2D eigenvalue weighted by atomic mass is 35.5. The van der Waals surface area contributed by atoms with Crippen molar-refractivity contribution in [2.24, 2.45) is 4.99 Å². The van der Waals surface area contributed by atoms with Gasteiger partial charge in [-0.2, -0.15) is 0 Å². The van der Waals surface area contributed by atoms with E-state index in [1.807, 2.05) is 6.92 Å². The van der Waals surface area contributed by atoms with Gasteiger partial charge in [-0.25, -0.2) is 9.79 Å². The molecule has 0 bridgehead atoms. The smallest absolute Gasteiger partial charge is 0.363 e. The van der Waals surface area contributed by atoms with Crippen LogP contribution in [0.3, 0.4) is 0 Å². The molecule has 3 rings (SSSR count). The molecule has 0 aliphatic carbocycles. The van der Waals surface area contributed by atoms with E-state index in [-0.39, 0.29) is 17.3 Å². The van der Waals surface area contributed by atoms with Crippen molar-refractivity contribution >= 4 is 35.2 Å². The number of carbonyl (C=O) groups is 1. The van der Waals surface area contributed by atoms with Crippen molar-refractivity contribution in [2.75, 3.05) is 13.7 Å². The van der Waals surface area contributed by atoms with E-state index in [1.165, 1.54) is 25.3 Å². The fraction of sp³-hybridized carbons (Fsp3) is 0.238. The summed E-state index contributed by atoms with van der Waals surface area (Å²) in [6.07, 6.45) is 2.31. The third-order valence-electron chi connectivity index (χ3n) is 4.36. The van der Waals surface area contributed by atoms with Gasteiger partial charge in [0.25, 0.3) is 5.69 Å². The number of benzene rings is 2. The lowest BCUT2D eigenvalue weighted by molar-refractivity contribution is -0.385. The molecule has 0 aromatic heterocycles. The molecule has 1 aliphatic heterocycles. The second-order valence-corrected chi connectivity index (χ2v) is 6.83. The quantitative estimate of drug-likeness (QED) is 0.273. The molecule has 0 saturated carbocycles. The van der Waals surface area contributed by atoms with Crippen molar-refractivity contribution in [1.82, 2.24) is 0 Å². The number of rotatable bonds is 7. The molecule has 0 spiro atoms. The average molecular weight is 431 g/mol. The number of esters is 1. The molecule has 0 radical (unpaired) electrons. The first-order chi connectivity index (χ1) is 14.3. The second-order valence-electron chi connectivity index (χ2n) is 6.43. The van der Waals surface area contributed by atoms with Gasteiger partial charge in [0.1, 0.15) is 0 Å². The van der Waals surface area contributed by atoms with Crippen molar-refractivity contribution in [3.8, 4) is 11.5 Å².